The van der Waals surface area contributed by atoms with Crippen LogP contribution in [0.4, 0.5) is 0 Å². The van der Waals surface area contributed by atoms with Crippen LogP contribution in [0.2, 0.25) is 16.6 Å². The molecule has 2 nitrogen and oxygen atoms in total. The molecule has 0 aliphatic carbocycles. The van der Waals surface area contributed by atoms with Crippen LogP contribution in [0.15, 0.2) is 115 Å². The molecule has 3 heteroatoms. The predicted molar refractivity (Wildman–Crippen MR) is 191 cm³/mol. The summed E-state index contributed by atoms with van der Waals surface area (Å²) in [6.45, 7) is 13.8. The smallest absolute Gasteiger partial charge is 0.311 e. The normalized spacial score (nSPS) is 11.5. The lowest BCUT2D eigenvalue weighted by atomic mass is 9.65. The first-order valence-corrected chi connectivity index (χ1v) is 18.4. The lowest BCUT2D eigenvalue weighted by Gasteiger charge is -2.37. The van der Waals surface area contributed by atoms with Crippen molar-refractivity contribution in [3.8, 4) is 29.1 Å². The lowest BCUT2D eigenvalue weighted by Crippen LogP contribution is -2.43. The molecule has 0 heterocycles. The van der Waals surface area contributed by atoms with E-state index < -0.39 is 13.5 Å². The Morgan fingerprint density at radius 1 is 0.622 bits per heavy atom. The summed E-state index contributed by atoms with van der Waals surface area (Å²) >= 11 is 0. The number of rotatable bonds is 11. The molecule has 4 rings (SSSR count). The van der Waals surface area contributed by atoms with Crippen molar-refractivity contribution in [3.05, 3.63) is 138 Å². The van der Waals surface area contributed by atoms with E-state index in [2.05, 4.69) is 150 Å². The molecule has 0 saturated heterocycles. The average molecular weight is 611 g/mol. The highest BCUT2D eigenvalue weighted by Gasteiger charge is 2.42. The van der Waals surface area contributed by atoms with E-state index in [1.807, 2.05) is 30.3 Å². The van der Waals surface area contributed by atoms with E-state index in [0.29, 0.717) is 41.6 Å². The molecule has 4 aromatic rings. The van der Waals surface area contributed by atoms with Crippen molar-refractivity contribution < 1.29 is 9.53 Å². The Morgan fingerprint density at radius 3 is 1.47 bits per heavy atom. The molecule has 0 amide bonds. The number of hydrogen-bond donors (Lipinski definition) is 0. The highest BCUT2D eigenvalue weighted by molar-refractivity contribution is 6.90. The van der Waals surface area contributed by atoms with Crippen molar-refractivity contribution in [2.75, 3.05) is 0 Å². The van der Waals surface area contributed by atoms with Crippen molar-refractivity contribution in [2.24, 2.45) is 0 Å². The topological polar surface area (TPSA) is 26.3 Å². The van der Waals surface area contributed by atoms with Gasteiger partial charge in [-0.15, -0.1) is 5.54 Å². The summed E-state index contributed by atoms with van der Waals surface area (Å²) in [7, 11) is -1.77. The van der Waals surface area contributed by atoms with Gasteiger partial charge in [0.05, 0.1) is 5.41 Å². The molecule has 45 heavy (non-hydrogen) atoms. The van der Waals surface area contributed by atoms with Crippen molar-refractivity contribution in [3.63, 3.8) is 0 Å². The van der Waals surface area contributed by atoms with E-state index in [1.165, 1.54) is 16.7 Å². The lowest BCUT2D eigenvalue weighted by molar-refractivity contribution is -0.134. The molecule has 0 aromatic heterocycles. The minimum atomic E-state index is -1.77. The van der Waals surface area contributed by atoms with E-state index in [0.717, 1.165) is 5.56 Å². The molecule has 0 spiro atoms. The third-order valence-corrected chi connectivity index (χ3v) is 15.4. The second-order valence-electron chi connectivity index (χ2n) is 12.6. The molecule has 0 aliphatic heterocycles. The highest BCUT2D eigenvalue weighted by atomic mass is 28.3. The molecule has 0 N–H and O–H groups in total. The SMILES string of the molecule is CC(C)[Si](C#CC#CCCCC(=O)Oc1ccc(C(c2ccccc2)(c2ccccc2)c2ccccc2)cc1)(C(C)C)C(C)C. The zero-order chi connectivity index (χ0) is 32.3. The zero-order valence-corrected chi connectivity index (χ0v) is 28.6. The van der Waals surface area contributed by atoms with Gasteiger partial charge in [-0.2, -0.15) is 0 Å². The van der Waals surface area contributed by atoms with Gasteiger partial charge in [-0.25, -0.2) is 0 Å². The third kappa shape index (κ3) is 7.50. The molecule has 0 saturated carbocycles. The summed E-state index contributed by atoms with van der Waals surface area (Å²) in [5, 5.41) is 0. The Hall–Kier alpha value is -4.31. The zero-order valence-electron chi connectivity index (χ0n) is 27.6. The number of esters is 1. The summed E-state index contributed by atoms with van der Waals surface area (Å²) in [6, 6.07) is 39.7. The summed E-state index contributed by atoms with van der Waals surface area (Å²) in [4.78, 5) is 12.7. The molecule has 4 aromatic carbocycles. The third-order valence-electron chi connectivity index (χ3n) is 9.12. The van der Waals surface area contributed by atoms with E-state index in [1.54, 1.807) is 0 Å². The standard InChI is InChI=1S/C42H46O2Si/c1-33(2)45(34(3)4,35(5)6)32-20-9-7-8-19-27-41(43)44-40-30-28-39(29-31-40)42(36-21-13-10-14-22-36,37-23-15-11-16-24-37)38-25-17-12-18-26-38/h10-18,21-26,28-31,33-35H,8,19,27H2,1-6H3. The molecule has 0 fully saturated rings. The monoisotopic (exact) mass is 610 g/mol. The van der Waals surface area contributed by atoms with Gasteiger partial charge in [-0.1, -0.05) is 151 Å². The van der Waals surface area contributed by atoms with E-state index >= 15 is 0 Å². The van der Waals surface area contributed by atoms with Gasteiger partial charge in [0.15, 0.2) is 0 Å². The van der Waals surface area contributed by atoms with Crippen LogP contribution in [0, 0.1) is 23.3 Å². The van der Waals surface area contributed by atoms with Crippen LogP contribution in [0.5, 0.6) is 5.75 Å². The number of carbonyl (C=O) groups excluding carboxylic acids is 1. The van der Waals surface area contributed by atoms with Gasteiger partial charge < -0.3 is 4.74 Å². The first-order valence-electron chi connectivity index (χ1n) is 16.2. The van der Waals surface area contributed by atoms with Crippen LogP contribution in [0.25, 0.3) is 0 Å². The summed E-state index contributed by atoms with van der Waals surface area (Å²) < 4.78 is 5.74. The average Bonchev–Trinajstić information content (AvgIpc) is 3.04. The Morgan fingerprint density at radius 2 is 1.04 bits per heavy atom. The minimum absolute atomic E-state index is 0.248. The molecule has 0 unspecified atom stereocenters. The maximum Gasteiger partial charge on any atom is 0.311 e. The van der Waals surface area contributed by atoms with Crippen molar-refractivity contribution in [2.45, 2.75) is 82.8 Å². The second kappa shape index (κ2) is 15.6. The molecule has 0 radical (unpaired) electrons. The summed E-state index contributed by atoms with van der Waals surface area (Å²) in [5.74, 6) is 9.70. The quantitative estimate of drug-likeness (QED) is 0.0422. The van der Waals surface area contributed by atoms with Crippen LogP contribution >= 0.6 is 0 Å². The van der Waals surface area contributed by atoms with Crippen molar-refractivity contribution in [1.29, 1.82) is 0 Å². The second-order valence-corrected chi connectivity index (χ2v) is 18.2. The largest absolute Gasteiger partial charge is 0.427 e. The van der Waals surface area contributed by atoms with Crippen LogP contribution in [-0.2, 0) is 10.2 Å². The minimum Gasteiger partial charge on any atom is -0.427 e. The number of benzene rings is 4. The first kappa shape index (κ1) is 33.6. The Labute approximate surface area is 272 Å². The first-order chi connectivity index (χ1) is 21.7. The fourth-order valence-corrected chi connectivity index (χ4v) is 12.2. The van der Waals surface area contributed by atoms with E-state index in [4.69, 9.17) is 4.74 Å². The number of ether oxygens (including phenoxy) is 1. The molecule has 230 valence electrons. The number of carbonyl (C=O) groups is 1. The predicted octanol–water partition coefficient (Wildman–Crippen LogP) is 10.4. The van der Waals surface area contributed by atoms with Crippen LogP contribution in [0.1, 0.15) is 83.1 Å². The fourth-order valence-electron chi connectivity index (χ4n) is 7.02. The van der Waals surface area contributed by atoms with Crippen molar-refractivity contribution >= 4 is 14.0 Å². The van der Waals surface area contributed by atoms with Crippen molar-refractivity contribution in [1.82, 2.24) is 0 Å². The summed E-state index contributed by atoms with van der Waals surface area (Å²) in [5.41, 5.74) is 9.47. The van der Waals surface area contributed by atoms with E-state index in [-0.39, 0.29) is 5.97 Å². The summed E-state index contributed by atoms with van der Waals surface area (Å²) in [6.07, 6.45) is 1.58. The molecule has 0 aliphatic rings. The Bertz CT molecular complexity index is 1510. The van der Waals surface area contributed by atoms with Gasteiger partial charge >= 0.3 is 5.97 Å². The molecular weight excluding hydrogens is 565 g/mol. The van der Waals surface area contributed by atoms with Gasteiger partial charge in [0, 0.05) is 12.8 Å². The van der Waals surface area contributed by atoms with Gasteiger partial charge in [0.25, 0.3) is 0 Å². The van der Waals surface area contributed by atoms with Gasteiger partial charge in [-0.05, 0) is 69.3 Å². The van der Waals surface area contributed by atoms with Gasteiger partial charge in [0.1, 0.15) is 13.8 Å². The van der Waals surface area contributed by atoms with Crippen LogP contribution in [-0.4, -0.2) is 14.0 Å². The fraction of sp³-hybridized carbons (Fsp3) is 0.310. The maximum atomic E-state index is 12.7. The van der Waals surface area contributed by atoms with Gasteiger partial charge in [0.2, 0.25) is 0 Å². The molecular formula is C42H46O2Si. The Kier molecular flexibility index (Phi) is 11.6. The van der Waals surface area contributed by atoms with Gasteiger partial charge in [-0.3, -0.25) is 4.79 Å². The Balaban J connectivity index is 1.48. The highest BCUT2D eigenvalue weighted by Crippen LogP contribution is 2.45. The van der Waals surface area contributed by atoms with Crippen LogP contribution in [0.3, 0.4) is 0 Å². The molecule has 0 bridgehead atoms. The van der Waals surface area contributed by atoms with E-state index in [9.17, 15) is 4.79 Å². The number of unbranched alkanes of at least 4 members (excludes halogenated alkanes) is 1. The maximum absolute atomic E-state index is 12.7. The van der Waals surface area contributed by atoms with Crippen LogP contribution < -0.4 is 4.74 Å². The molecule has 0 atom stereocenters. The number of hydrogen-bond acceptors (Lipinski definition) is 2.